The molecule has 1 aromatic heterocycles. The summed E-state index contributed by atoms with van der Waals surface area (Å²) in [6.07, 6.45) is 1.22. The lowest BCUT2D eigenvalue weighted by Crippen LogP contribution is -2.46. The minimum Gasteiger partial charge on any atom is -0.472 e. The van der Waals surface area contributed by atoms with Crippen LogP contribution in [0.15, 0.2) is 6.07 Å². The predicted octanol–water partition coefficient (Wildman–Crippen LogP) is 2.74. The average molecular weight is 399 g/mol. The highest BCUT2D eigenvalue weighted by Crippen LogP contribution is 2.23. The Labute approximate surface area is 164 Å². The van der Waals surface area contributed by atoms with Gasteiger partial charge in [-0.15, -0.1) is 0 Å². The van der Waals surface area contributed by atoms with E-state index in [2.05, 4.69) is 9.97 Å². The van der Waals surface area contributed by atoms with Gasteiger partial charge in [0.2, 0.25) is 11.8 Å². The summed E-state index contributed by atoms with van der Waals surface area (Å²) in [4.78, 5) is 24.8. The first kappa shape index (κ1) is 19.9. The Bertz CT molecular complexity index is 661. The monoisotopic (exact) mass is 398 g/mol. The maximum atomic E-state index is 12.3. The van der Waals surface area contributed by atoms with Crippen LogP contribution in [0.2, 0.25) is 5.15 Å². The quantitative estimate of drug-likeness (QED) is 0.724. The minimum atomic E-state index is -0.516. The lowest BCUT2D eigenvalue weighted by atomic mass is 10.1. The summed E-state index contributed by atoms with van der Waals surface area (Å²) >= 11 is 6.17. The maximum absolute atomic E-state index is 12.3. The molecule has 3 heterocycles. The van der Waals surface area contributed by atoms with Gasteiger partial charge in [0.25, 0.3) is 0 Å². The summed E-state index contributed by atoms with van der Waals surface area (Å²) < 4.78 is 16.9. The van der Waals surface area contributed by atoms with Crippen molar-refractivity contribution in [2.24, 2.45) is 0 Å². The average Bonchev–Trinajstić information content (AvgIpc) is 2.61. The van der Waals surface area contributed by atoms with Crippen molar-refractivity contribution < 1.29 is 19.0 Å². The Kier molecular flexibility index (Phi) is 6.26. The fourth-order valence-corrected chi connectivity index (χ4v) is 3.22. The topological polar surface area (TPSA) is 77.0 Å². The molecule has 0 radical (unpaired) electrons. The van der Waals surface area contributed by atoms with Crippen LogP contribution < -0.4 is 9.64 Å². The van der Waals surface area contributed by atoms with Crippen molar-refractivity contribution in [3.8, 4) is 5.88 Å². The number of nitrogens with zero attached hydrogens (tertiary/aromatic N) is 4. The molecule has 2 aliphatic heterocycles. The van der Waals surface area contributed by atoms with Crippen LogP contribution in [0.4, 0.5) is 10.7 Å². The number of carbonyl (C=O) groups excluding carboxylic acids is 1. The van der Waals surface area contributed by atoms with Crippen molar-refractivity contribution in [2.45, 2.75) is 45.3 Å². The molecule has 0 N–H and O–H groups in total. The van der Waals surface area contributed by atoms with Crippen molar-refractivity contribution in [3.05, 3.63) is 11.2 Å². The van der Waals surface area contributed by atoms with Gasteiger partial charge in [0, 0.05) is 25.7 Å². The third-order valence-electron chi connectivity index (χ3n) is 4.27. The van der Waals surface area contributed by atoms with E-state index >= 15 is 0 Å². The third kappa shape index (κ3) is 5.84. The van der Waals surface area contributed by atoms with Crippen molar-refractivity contribution in [1.82, 2.24) is 14.9 Å². The zero-order valence-electron chi connectivity index (χ0n) is 16.1. The number of likely N-dealkylation sites (tertiary alicyclic amines) is 1. The second kappa shape index (κ2) is 8.48. The van der Waals surface area contributed by atoms with E-state index in [-0.39, 0.29) is 12.2 Å². The highest BCUT2D eigenvalue weighted by Gasteiger charge is 2.29. The Balaban J connectivity index is 1.64. The van der Waals surface area contributed by atoms with Gasteiger partial charge in [0.05, 0.1) is 19.8 Å². The number of carbonyl (C=O) groups is 1. The van der Waals surface area contributed by atoms with Gasteiger partial charge in [-0.3, -0.25) is 0 Å². The number of morpholine rings is 1. The lowest BCUT2D eigenvalue weighted by molar-refractivity contribution is 0.00721. The maximum Gasteiger partial charge on any atom is 0.410 e. The molecule has 150 valence electrons. The fourth-order valence-electron chi connectivity index (χ4n) is 3.05. The number of ether oxygens (including phenoxy) is 3. The molecule has 1 atom stereocenters. The summed E-state index contributed by atoms with van der Waals surface area (Å²) in [5, 5.41) is 0.335. The molecule has 2 saturated heterocycles. The standard InChI is InChI=1S/C18H27ClN4O4/c1-18(2,3)27-17(24)23-6-4-5-13(12-23)26-15-11-14(19)20-16(21-15)22-7-9-25-10-8-22/h11,13H,4-10,12H2,1-3H3/t13-/m1/s1. The zero-order valence-corrected chi connectivity index (χ0v) is 16.9. The SMILES string of the molecule is CC(C)(C)OC(=O)N1CCC[C@@H](Oc2cc(Cl)nc(N3CCOCC3)n2)C1. The van der Waals surface area contributed by atoms with Gasteiger partial charge in [0.1, 0.15) is 16.9 Å². The van der Waals surface area contributed by atoms with Crippen molar-refractivity contribution >= 4 is 23.6 Å². The van der Waals surface area contributed by atoms with Gasteiger partial charge in [-0.2, -0.15) is 4.98 Å². The molecule has 0 bridgehead atoms. The predicted molar refractivity (Wildman–Crippen MR) is 102 cm³/mol. The molecule has 0 aromatic carbocycles. The van der Waals surface area contributed by atoms with Crippen LogP contribution in [0.1, 0.15) is 33.6 Å². The number of hydrogen-bond acceptors (Lipinski definition) is 7. The van der Waals surface area contributed by atoms with Gasteiger partial charge in [-0.05, 0) is 33.6 Å². The largest absolute Gasteiger partial charge is 0.472 e. The second-order valence-electron chi connectivity index (χ2n) is 7.74. The van der Waals surface area contributed by atoms with Gasteiger partial charge in [-0.1, -0.05) is 11.6 Å². The van der Waals surface area contributed by atoms with E-state index in [4.69, 9.17) is 25.8 Å². The van der Waals surface area contributed by atoms with Crippen LogP contribution in [0.25, 0.3) is 0 Å². The number of anilines is 1. The summed E-state index contributed by atoms with van der Waals surface area (Å²) in [5.74, 6) is 0.966. The molecule has 3 rings (SSSR count). The molecular weight excluding hydrogens is 372 g/mol. The first-order valence-electron chi connectivity index (χ1n) is 9.32. The van der Waals surface area contributed by atoms with Crippen LogP contribution in [-0.4, -0.2) is 72.1 Å². The molecule has 0 aliphatic carbocycles. The smallest absolute Gasteiger partial charge is 0.410 e. The van der Waals surface area contributed by atoms with E-state index in [9.17, 15) is 4.79 Å². The normalized spacial score (nSPS) is 21.1. The summed E-state index contributed by atoms with van der Waals surface area (Å²) in [5.41, 5.74) is -0.516. The summed E-state index contributed by atoms with van der Waals surface area (Å²) in [6, 6.07) is 1.61. The van der Waals surface area contributed by atoms with Gasteiger partial charge in [0.15, 0.2) is 0 Å². The number of halogens is 1. The van der Waals surface area contributed by atoms with E-state index in [0.29, 0.717) is 43.3 Å². The first-order valence-corrected chi connectivity index (χ1v) is 9.70. The van der Waals surface area contributed by atoms with Crippen LogP contribution in [0, 0.1) is 0 Å². The van der Waals surface area contributed by atoms with Crippen molar-refractivity contribution in [3.63, 3.8) is 0 Å². The Morgan fingerprint density at radius 2 is 2.00 bits per heavy atom. The van der Waals surface area contributed by atoms with Gasteiger partial charge < -0.3 is 24.0 Å². The molecule has 0 unspecified atom stereocenters. The van der Waals surface area contributed by atoms with E-state index in [1.165, 1.54) is 0 Å². The molecule has 8 nitrogen and oxygen atoms in total. The zero-order chi connectivity index (χ0) is 19.4. The first-order chi connectivity index (χ1) is 12.8. The summed E-state index contributed by atoms with van der Waals surface area (Å²) in [7, 11) is 0. The van der Waals surface area contributed by atoms with Crippen LogP contribution in [0.5, 0.6) is 5.88 Å². The molecule has 2 fully saturated rings. The molecule has 1 amide bonds. The second-order valence-corrected chi connectivity index (χ2v) is 8.12. The Morgan fingerprint density at radius 1 is 1.26 bits per heavy atom. The molecule has 2 aliphatic rings. The minimum absolute atomic E-state index is 0.158. The van der Waals surface area contributed by atoms with Crippen LogP contribution in [0.3, 0.4) is 0 Å². The van der Waals surface area contributed by atoms with E-state index in [1.807, 2.05) is 25.7 Å². The summed E-state index contributed by atoms with van der Waals surface area (Å²) in [6.45, 7) is 9.42. The van der Waals surface area contributed by atoms with Crippen LogP contribution in [-0.2, 0) is 9.47 Å². The van der Waals surface area contributed by atoms with E-state index < -0.39 is 5.60 Å². The number of aromatic nitrogens is 2. The van der Waals surface area contributed by atoms with Gasteiger partial charge in [-0.25, -0.2) is 9.78 Å². The van der Waals surface area contributed by atoms with Crippen LogP contribution >= 0.6 is 11.6 Å². The number of hydrogen-bond donors (Lipinski definition) is 0. The Morgan fingerprint density at radius 3 is 2.70 bits per heavy atom. The van der Waals surface area contributed by atoms with E-state index in [0.717, 1.165) is 25.9 Å². The Hall–Kier alpha value is -1.80. The van der Waals surface area contributed by atoms with Crippen molar-refractivity contribution in [1.29, 1.82) is 0 Å². The molecule has 0 saturated carbocycles. The molecule has 9 heteroatoms. The molecular formula is C18H27ClN4O4. The number of amides is 1. The molecule has 0 spiro atoms. The highest BCUT2D eigenvalue weighted by molar-refractivity contribution is 6.29. The molecule has 27 heavy (non-hydrogen) atoms. The number of rotatable bonds is 3. The number of piperidine rings is 1. The van der Waals surface area contributed by atoms with E-state index in [1.54, 1.807) is 11.0 Å². The fraction of sp³-hybridized carbons (Fsp3) is 0.722. The van der Waals surface area contributed by atoms with Gasteiger partial charge >= 0.3 is 6.09 Å². The highest BCUT2D eigenvalue weighted by atomic mass is 35.5. The lowest BCUT2D eigenvalue weighted by Gasteiger charge is -2.34. The van der Waals surface area contributed by atoms with Crippen molar-refractivity contribution in [2.75, 3.05) is 44.3 Å². The molecule has 1 aromatic rings. The third-order valence-corrected chi connectivity index (χ3v) is 4.46.